The highest BCUT2D eigenvalue weighted by atomic mass is 32.2. The molecule has 0 radical (unpaired) electrons. The fraction of sp³-hybridized carbons (Fsp3) is 0.533. The van der Waals surface area contributed by atoms with Crippen molar-refractivity contribution < 1.29 is 23.1 Å². The Balaban J connectivity index is 2.20. The first-order valence-electron chi connectivity index (χ1n) is 7.74. The van der Waals surface area contributed by atoms with E-state index >= 15 is 0 Å². The molecule has 9 heteroatoms. The van der Waals surface area contributed by atoms with Gasteiger partial charge in [0.1, 0.15) is 0 Å². The molecule has 2 N–H and O–H groups in total. The molecule has 0 atom stereocenters. The molecule has 2 aliphatic heterocycles. The molecule has 24 heavy (non-hydrogen) atoms. The van der Waals surface area contributed by atoms with Crippen LogP contribution in [0.25, 0.3) is 0 Å². The first-order valence-corrected chi connectivity index (χ1v) is 9.35. The number of sulfonamides is 1. The number of carboxylic acids is 1. The van der Waals surface area contributed by atoms with Crippen molar-refractivity contribution in [2.45, 2.75) is 26.7 Å². The smallest absolute Gasteiger partial charge is 0.311 e. The molecule has 0 saturated heterocycles. The maximum absolute atomic E-state index is 12.5. The molecule has 2 heterocycles. The van der Waals surface area contributed by atoms with Crippen molar-refractivity contribution in [1.82, 2.24) is 10.2 Å². The summed E-state index contributed by atoms with van der Waals surface area (Å²) in [5, 5.41) is 12.0. The van der Waals surface area contributed by atoms with Crippen molar-refractivity contribution in [3.63, 3.8) is 0 Å². The quantitative estimate of drug-likeness (QED) is 0.716. The molecule has 2 aliphatic rings. The number of amidine groups is 1. The molecule has 0 saturated carbocycles. The van der Waals surface area contributed by atoms with Crippen LogP contribution in [-0.2, 0) is 19.6 Å². The van der Waals surface area contributed by atoms with Crippen LogP contribution in [0, 0.1) is 5.41 Å². The standard InChI is InChI=1S/C15H21N3O5S/c1-3-15(4-2,14(20)21)10-16-13(19)11-6-5-7-18-8-9-24(22,23)17-12(11)18/h5-7H,3-4,8-10H2,1-2H3,(H,16,19)(H,20,21). The lowest BCUT2D eigenvalue weighted by atomic mass is 9.82. The number of allylic oxidation sites excluding steroid dienone is 2. The van der Waals surface area contributed by atoms with Gasteiger partial charge in [-0.05, 0) is 25.0 Å². The second kappa shape index (κ2) is 6.76. The van der Waals surface area contributed by atoms with Crippen LogP contribution in [-0.4, -0.2) is 55.0 Å². The lowest BCUT2D eigenvalue weighted by Gasteiger charge is -2.30. The van der Waals surface area contributed by atoms with Crippen LogP contribution < -0.4 is 5.32 Å². The van der Waals surface area contributed by atoms with Crippen molar-refractivity contribution in [3.8, 4) is 0 Å². The van der Waals surface area contributed by atoms with Gasteiger partial charge in [-0.1, -0.05) is 13.8 Å². The zero-order valence-electron chi connectivity index (χ0n) is 13.7. The first-order chi connectivity index (χ1) is 11.2. The zero-order chi connectivity index (χ0) is 18.0. The third kappa shape index (κ3) is 3.50. The number of nitrogens with one attached hydrogen (secondary N) is 1. The molecule has 0 aliphatic carbocycles. The number of carbonyl (C=O) groups is 2. The molecular weight excluding hydrogens is 334 g/mol. The van der Waals surface area contributed by atoms with E-state index in [9.17, 15) is 23.1 Å². The van der Waals surface area contributed by atoms with E-state index in [1.165, 1.54) is 6.08 Å². The molecule has 2 rings (SSSR count). The van der Waals surface area contributed by atoms with Crippen LogP contribution in [0.5, 0.6) is 0 Å². The number of fused-ring (bicyclic) bond motifs is 1. The minimum Gasteiger partial charge on any atom is -0.481 e. The Bertz CT molecular complexity index is 732. The Labute approximate surface area is 141 Å². The maximum Gasteiger partial charge on any atom is 0.311 e. The normalized spacial score (nSPS) is 19.2. The summed E-state index contributed by atoms with van der Waals surface area (Å²) in [6, 6.07) is 0. The molecule has 0 spiro atoms. The molecular formula is C15H21N3O5S. The average molecular weight is 355 g/mol. The van der Waals surface area contributed by atoms with Crippen molar-refractivity contribution >= 4 is 27.7 Å². The molecule has 0 aromatic carbocycles. The number of hydrogen-bond donors (Lipinski definition) is 2. The summed E-state index contributed by atoms with van der Waals surface area (Å²) in [7, 11) is -3.59. The van der Waals surface area contributed by atoms with Gasteiger partial charge in [0.15, 0.2) is 5.84 Å². The fourth-order valence-corrected chi connectivity index (χ4v) is 3.60. The van der Waals surface area contributed by atoms with Crippen LogP contribution in [0.4, 0.5) is 0 Å². The second-order valence-corrected chi connectivity index (χ2v) is 7.55. The van der Waals surface area contributed by atoms with Crippen LogP contribution in [0.2, 0.25) is 0 Å². The van der Waals surface area contributed by atoms with Gasteiger partial charge in [0, 0.05) is 19.3 Å². The molecule has 0 aromatic rings. The molecule has 132 valence electrons. The van der Waals surface area contributed by atoms with Gasteiger partial charge in [-0.25, -0.2) is 8.42 Å². The molecule has 0 aromatic heterocycles. The number of rotatable bonds is 6. The summed E-state index contributed by atoms with van der Waals surface area (Å²) in [4.78, 5) is 25.6. The number of nitrogens with zero attached hydrogens (tertiary/aromatic N) is 2. The molecule has 0 fully saturated rings. The largest absolute Gasteiger partial charge is 0.481 e. The van der Waals surface area contributed by atoms with Crippen molar-refractivity contribution in [3.05, 3.63) is 23.9 Å². The summed E-state index contributed by atoms with van der Waals surface area (Å²) < 4.78 is 27.1. The summed E-state index contributed by atoms with van der Waals surface area (Å²) in [6.07, 6.45) is 5.52. The SMILES string of the molecule is CCC(CC)(CNC(=O)C1=CC=CN2CCS(=O)(=O)N=C12)C(=O)O. The molecule has 8 nitrogen and oxygen atoms in total. The fourth-order valence-electron chi connectivity index (χ4n) is 2.62. The maximum atomic E-state index is 12.5. The third-order valence-corrected chi connectivity index (χ3v) is 5.65. The minimum atomic E-state index is -3.59. The van der Waals surface area contributed by atoms with Gasteiger partial charge in [-0.3, -0.25) is 9.59 Å². The van der Waals surface area contributed by atoms with Gasteiger partial charge in [0.05, 0.1) is 16.7 Å². The van der Waals surface area contributed by atoms with Crippen LogP contribution >= 0.6 is 0 Å². The Hall–Kier alpha value is -2.16. The highest BCUT2D eigenvalue weighted by Gasteiger charge is 2.36. The van der Waals surface area contributed by atoms with Crippen LogP contribution in [0.15, 0.2) is 28.3 Å². The van der Waals surface area contributed by atoms with Gasteiger partial charge in [0.25, 0.3) is 15.9 Å². The summed E-state index contributed by atoms with van der Waals surface area (Å²) >= 11 is 0. The first kappa shape index (κ1) is 18.2. The Morgan fingerprint density at radius 3 is 2.62 bits per heavy atom. The Morgan fingerprint density at radius 1 is 1.38 bits per heavy atom. The molecule has 0 bridgehead atoms. The van der Waals surface area contributed by atoms with E-state index in [2.05, 4.69) is 9.71 Å². The number of hydrogen-bond acceptors (Lipinski definition) is 5. The van der Waals surface area contributed by atoms with Gasteiger partial charge >= 0.3 is 5.97 Å². The highest BCUT2D eigenvalue weighted by Crippen LogP contribution is 2.26. The van der Waals surface area contributed by atoms with E-state index in [0.29, 0.717) is 12.8 Å². The predicted molar refractivity (Wildman–Crippen MR) is 88.8 cm³/mol. The van der Waals surface area contributed by atoms with E-state index in [1.807, 2.05) is 0 Å². The van der Waals surface area contributed by atoms with E-state index in [0.717, 1.165) is 0 Å². The van der Waals surface area contributed by atoms with Crippen molar-refractivity contribution in [2.24, 2.45) is 9.81 Å². The van der Waals surface area contributed by atoms with E-state index in [4.69, 9.17) is 0 Å². The third-order valence-electron chi connectivity index (χ3n) is 4.50. The van der Waals surface area contributed by atoms with Crippen molar-refractivity contribution in [2.75, 3.05) is 18.8 Å². The Kier molecular flexibility index (Phi) is 5.12. The van der Waals surface area contributed by atoms with Gasteiger partial charge in [-0.15, -0.1) is 4.40 Å². The lowest BCUT2D eigenvalue weighted by Crippen LogP contribution is -2.46. The summed E-state index contributed by atoms with van der Waals surface area (Å²) in [5.74, 6) is -1.53. The topological polar surface area (TPSA) is 116 Å². The minimum absolute atomic E-state index is 0.0325. The molecule has 1 amide bonds. The second-order valence-electron chi connectivity index (χ2n) is 5.79. The van der Waals surface area contributed by atoms with Crippen LogP contribution in [0.1, 0.15) is 26.7 Å². The van der Waals surface area contributed by atoms with Gasteiger partial charge in [-0.2, -0.15) is 0 Å². The number of amides is 1. The van der Waals surface area contributed by atoms with E-state index in [-0.39, 0.29) is 30.3 Å². The predicted octanol–water partition coefficient (Wildman–Crippen LogP) is 0.491. The highest BCUT2D eigenvalue weighted by molar-refractivity contribution is 7.90. The monoisotopic (exact) mass is 355 g/mol. The van der Waals surface area contributed by atoms with Gasteiger partial charge in [0.2, 0.25) is 0 Å². The van der Waals surface area contributed by atoms with E-state index < -0.39 is 27.3 Å². The number of carbonyl (C=O) groups excluding carboxylic acids is 1. The zero-order valence-corrected chi connectivity index (χ0v) is 14.5. The molecule has 0 unspecified atom stereocenters. The number of carboxylic acid groups (broad SMARTS) is 1. The Morgan fingerprint density at radius 2 is 2.04 bits per heavy atom. The van der Waals surface area contributed by atoms with Crippen LogP contribution in [0.3, 0.4) is 0 Å². The average Bonchev–Trinajstić information content (AvgIpc) is 2.54. The lowest BCUT2D eigenvalue weighted by molar-refractivity contribution is -0.149. The van der Waals surface area contributed by atoms with Gasteiger partial charge < -0.3 is 15.3 Å². The van der Waals surface area contributed by atoms with Crippen molar-refractivity contribution in [1.29, 1.82) is 0 Å². The van der Waals surface area contributed by atoms with E-state index in [1.54, 1.807) is 31.0 Å². The summed E-state index contributed by atoms with van der Waals surface area (Å²) in [6.45, 7) is 3.71. The summed E-state index contributed by atoms with van der Waals surface area (Å²) in [5.41, 5.74) is -0.923. The number of aliphatic carboxylic acids is 1.